The van der Waals surface area contributed by atoms with E-state index in [0.717, 1.165) is 40.0 Å². The van der Waals surface area contributed by atoms with Crippen LogP contribution in [0.15, 0.2) is 54.7 Å². The van der Waals surface area contributed by atoms with Crippen molar-refractivity contribution in [3.8, 4) is 22.8 Å². The molecule has 200 valence electrons. The summed E-state index contributed by atoms with van der Waals surface area (Å²) in [6, 6.07) is 16.1. The molecule has 1 amide bonds. The van der Waals surface area contributed by atoms with Crippen LogP contribution in [-0.4, -0.2) is 71.9 Å². The monoisotopic (exact) mass is 515 g/mol. The molecule has 2 aromatic carbocycles. The Balaban J connectivity index is 1.76. The van der Waals surface area contributed by atoms with E-state index in [-0.39, 0.29) is 5.91 Å². The minimum atomic E-state index is 0.0764. The van der Waals surface area contributed by atoms with Gasteiger partial charge in [-0.1, -0.05) is 29.8 Å². The van der Waals surface area contributed by atoms with Gasteiger partial charge in [0.15, 0.2) is 0 Å². The van der Waals surface area contributed by atoms with E-state index in [0.29, 0.717) is 37.6 Å². The maximum absolute atomic E-state index is 13.5. The van der Waals surface area contributed by atoms with Gasteiger partial charge in [-0.3, -0.25) is 9.48 Å². The summed E-state index contributed by atoms with van der Waals surface area (Å²) in [4.78, 5) is 22.6. The Morgan fingerprint density at radius 3 is 2.29 bits per heavy atom. The number of rotatable bonds is 11. The average molecular weight is 516 g/mol. The fourth-order valence-corrected chi connectivity index (χ4v) is 4.45. The summed E-state index contributed by atoms with van der Waals surface area (Å²) in [6.07, 6.45) is 2.28. The average Bonchev–Trinajstić information content (AvgIpc) is 3.33. The third kappa shape index (κ3) is 6.31. The van der Waals surface area contributed by atoms with Gasteiger partial charge in [-0.25, -0.2) is 4.98 Å². The first kappa shape index (κ1) is 27.1. The molecule has 0 aliphatic rings. The minimum absolute atomic E-state index is 0.0764. The van der Waals surface area contributed by atoms with Crippen molar-refractivity contribution in [2.45, 2.75) is 33.4 Å². The minimum Gasteiger partial charge on any atom is -0.496 e. The van der Waals surface area contributed by atoms with Gasteiger partial charge in [0.25, 0.3) is 0 Å². The summed E-state index contributed by atoms with van der Waals surface area (Å²) in [5, 5.41) is 5.28. The van der Waals surface area contributed by atoms with Gasteiger partial charge in [0, 0.05) is 49.7 Å². The molecule has 0 aliphatic heterocycles. The maximum atomic E-state index is 13.5. The lowest BCUT2D eigenvalue weighted by Gasteiger charge is -2.26. The summed E-state index contributed by atoms with van der Waals surface area (Å²) in [5.74, 6) is 1.47. The van der Waals surface area contributed by atoms with Gasteiger partial charge < -0.3 is 19.3 Å². The zero-order valence-corrected chi connectivity index (χ0v) is 23.2. The number of likely N-dealkylation sites (N-methyl/N-ethyl adjacent to an activating group) is 1. The Morgan fingerprint density at radius 1 is 0.947 bits per heavy atom. The molecule has 0 atom stereocenters. The molecule has 0 saturated carbocycles. The number of amides is 1. The largest absolute Gasteiger partial charge is 0.496 e. The highest BCUT2D eigenvalue weighted by Gasteiger charge is 2.20. The van der Waals surface area contributed by atoms with Crippen LogP contribution in [-0.2, 0) is 17.9 Å². The molecular formula is C30H37N5O3. The van der Waals surface area contributed by atoms with Gasteiger partial charge in [0.05, 0.1) is 25.6 Å². The molecule has 0 spiro atoms. The summed E-state index contributed by atoms with van der Waals surface area (Å²) in [7, 11) is 7.33. The molecule has 0 radical (unpaired) electrons. The van der Waals surface area contributed by atoms with Crippen LogP contribution in [0.4, 0.5) is 0 Å². The number of aryl methyl sites for hydroxylation is 3. The summed E-state index contributed by atoms with van der Waals surface area (Å²) in [5.41, 5.74) is 5.61. The highest BCUT2D eigenvalue weighted by Crippen LogP contribution is 2.36. The van der Waals surface area contributed by atoms with Gasteiger partial charge in [-0.2, -0.15) is 5.10 Å². The van der Waals surface area contributed by atoms with Crippen molar-refractivity contribution in [2.75, 3.05) is 41.4 Å². The van der Waals surface area contributed by atoms with Gasteiger partial charge in [0.2, 0.25) is 5.91 Å². The lowest BCUT2D eigenvalue weighted by atomic mass is 10.0. The van der Waals surface area contributed by atoms with E-state index < -0.39 is 0 Å². The van der Waals surface area contributed by atoms with Crippen molar-refractivity contribution in [3.05, 3.63) is 71.5 Å². The number of carbonyl (C=O) groups excluding carboxylic acids is 1. The van der Waals surface area contributed by atoms with E-state index >= 15 is 0 Å². The Labute approximate surface area is 224 Å². The van der Waals surface area contributed by atoms with Gasteiger partial charge in [0.1, 0.15) is 17.0 Å². The highest BCUT2D eigenvalue weighted by atomic mass is 16.5. The molecule has 2 heterocycles. The van der Waals surface area contributed by atoms with Gasteiger partial charge in [-0.05, 0) is 57.8 Å². The number of nitrogens with zero attached hydrogens (tertiary/aromatic N) is 5. The molecule has 0 unspecified atom stereocenters. The fourth-order valence-electron chi connectivity index (χ4n) is 4.45. The lowest BCUT2D eigenvalue weighted by molar-refractivity contribution is -0.132. The fraction of sp³-hybridized carbons (Fsp3) is 0.367. The van der Waals surface area contributed by atoms with Crippen LogP contribution >= 0.6 is 0 Å². The van der Waals surface area contributed by atoms with Crippen molar-refractivity contribution >= 4 is 16.8 Å². The molecule has 0 fully saturated rings. The molecule has 0 N–H and O–H groups in total. The smallest absolute Gasteiger partial charge is 0.224 e. The number of hydrogen-bond donors (Lipinski definition) is 0. The second-order valence-electron chi connectivity index (χ2n) is 9.82. The highest BCUT2D eigenvalue weighted by molar-refractivity contribution is 5.93. The topological polar surface area (TPSA) is 72.7 Å². The number of hydrogen-bond acceptors (Lipinski definition) is 6. The van der Waals surface area contributed by atoms with Crippen LogP contribution in [0.1, 0.15) is 23.2 Å². The number of carbonyl (C=O) groups is 1. The predicted octanol–water partition coefficient (Wildman–Crippen LogP) is 4.71. The third-order valence-corrected chi connectivity index (χ3v) is 6.61. The number of benzene rings is 2. The SMILES string of the molecule is COc1ccc(OC)c2nc(-c3ccc(C)cc3)c(CN(CCN(C)C)C(=O)CCn3ccc(C)n3)cc12. The molecule has 0 saturated heterocycles. The van der Waals surface area contributed by atoms with Crippen molar-refractivity contribution in [1.82, 2.24) is 24.6 Å². The van der Waals surface area contributed by atoms with Crippen molar-refractivity contribution in [1.29, 1.82) is 0 Å². The van der Waals surface area contributed by atoms with Gasteiger partial charge in [-0.15, -0.1) is 0 Å². The molecule has 0 bridgehead atoms. The Hall–Kier alpha value is -3.91. The first-order chi connectivity index (χ1) is 18.3. The number of ether oxygens (including phenoxy) is 2. The van der Waals surface area contributed by atoms with Crippen LogP contribution in [0, 0.1) is 13.8 Å². The van der Waals surface area contributed by atoms with E-state index in [1.165, 1.54) is 5.56 Å². The molecule has 2 aromatic heterocycles. The van der Waals surface area contributed by atoms with Crippen LogP contribution in [0.5, 0.6) is 11.5 Å². The Bertz CT molecular complexity index is 1400. The zero-order valence-electron chi connectivity index (χ0n) is 23.2. The molecule has 38 heavy (non-hydrogen) atoms. The third-order valence-electron chi connectivity index (χ3n) is 6.61. The predicted molar refractivity (Wildman–Crippen MR) is 151 cm³/mol. The number of fused-ring (bicyclic) bond motifs is 1. The maximum Gasteiger partial charge on any atom is 0.224 e. The summed E-state index contributed by atoms with van der Waals surface area (Å²) in [6.45, 7) is 6.34. The Morgan fingerprint density at radius 2 is 1.66 bits per heavy atom. The molecule has 4 rings (SSSR count). The summed E-state index contributed by atoms with van der Waals surface area (Å²) < 4.78 is 13.1. The molecular weight excluding hydrogens is 478 g/mol. The normalized spacial score (nSPS) is 11.2. The first-order valence-electron chi connectivity index (χ1n) is 12.8. The van der Waals surface area contributed by atoms with Crippen LogP contribution in [0.2, 0.25) is 0 Å². The second kappa shape index (κ2) is 12.1. The molecule has 8 heteroatoms. The molecule has 4 aromatic rings. The van der Waals surface area contributed by atoms with Crippen molar-refractivity contribution < 1.29 is 14.3 Å². The van der Waals surface area contributed by atoms with Crippen LogP contribution in [0.25, 0.3) is 22.2 Å². The zero-order chi connectivity index (χ0) is 27.2. The lowest BCUT2D eigenvalue weighted by Crippen LogP contribution is -2.36. The first-order valence-corrected chi connectivity index (χ1v) is 12.8. The van der Waals surface area contributed by atoms with Crippen LogP contribution < -0.4 is 9.47 Å². The summed E-state index contributed by atoms with van der Waals surface area (Å²) >= 11 is 0. The van der Waals surface area contributed by atoms with Crippen molar-refractivity contribution in [3.63, 3.8) is 0 Å². The van der Waals surface area contributed by atoms with E-state index in [1.54, 1.807) is 14.2 Å². The number of pyridine rings is 1. The van der Waals surface area contributed by atoms with E-state index in [2.05, 4.69) is 47.3 Å². The van der Waals surface area contributed by atoms with E-state index in [9.17, 15) is 4.79 Å². The standard InChI is InChI=1S/C30H37N5O3/c1-21-7-9-23(10-8-21)29-24(19-25-26(37-5)11-12-27(38-6)30(25)31-29)20-34(18-17-33(3)4)28(36)14-16-35-15-13-22(2)32-35/h7-13,15,19H,14,16-18,20H2,1-6H3. The second-order valence-corrected chi connectivity index (χ2v) is 9.82. The molecule has 8 nitrogen and oxygen atoms in total. The number of methoxy groups -OCH3 is 2. The van der Waals surface area contributed by atoms with Crippen LogP contribution in [0.3, 0.4) is 0 Å². The number of aromatic nitrogens is 3. The van der Waals surface area contributed by atoms with E-state index in [1.807, 2.05) is 55.0 Å². The van der Waals surface area contributed by atoms with Gasteiger partial charge >= 0.3 is 0 Å². The van der Waals surface area contributed by atoms with Crippen molar-refractivity contribution in [2.24, 2.45) is 0 Å². The van der Waals surface area contributed by atoms with E-state index in [4.69, 9.17) is 14.5 Å². The molecule has 0 aliphatic carbocycles. The Kier molecular flexibility index (Phi) is 8.63. The quantitative estimate of drug-likeness (QED) is 0.288.